The van der Waals surface area contributed by atoms with Gasteiger partial charge in [0.1, 0.15) is 12.0 Å². The predicted molar refractivity (Wildman–Crippen MR) is 47.6 cm³/mol. The van der Waals surface area contributed by atoms with Crippen LogP contribution in [0.1, 0.15) is 11.6 Å². The van der Waals surface area contributed by atoms with E-state index in [1.807, 2.05) is 0 Å². The fourth-order valence-electron chi connectivity index (χ4n) is 1.66. The van der Waals surface area contributed by atoms with Gasteiger partial charge in [0, 0.05) is 6.54 Å². The number of nitrogens with one attached hydrogen (secondary N) is 2. The van der Waals surface area contributed by atoms with Crippen LogP contribution in [0, 0.1) is 0 Å². The van der Waals surface area contributed by atoms with Crippen LogP contribution in [0.5, 0.6) is 0 Å². The maximum Gasteiger partial charge on any atom is 0.249 e. The molecular weight excluding hydrogens is 198 g/mol. The third kappa shape index (κ3) is 1.17. The summed E-state index contributed by atoms with van der Waals surface area (Å²) in [5.74, 6) is 0.439. The Hall–Kier alpha value is -1.73. The van der Waals surface area contributed by atoms with E-state index in [9.17, 15) is 0 Å². The van der Waals surface area contributed by atoms with Gasteiger partial charge in [0.25, 0.3) is 0 Å². The molecule has 2 N–H and O–H groups in total. The average molecular weight is 207 g/mol. The van der Waals surface area contributed by atoms with E-state index in [1.54, 1.807) is 12.4 Å². The van der Waals surface area contributed by atoms with Gasteiger partial charge in [-0.25, -0.2) is 4.98 Å². The van der Waals surface area contributed by atoms with E-state index < -0.39 is 5.72 Å². The van der Waals surface area contributed by atoms with Crippen molar-refractivity contribution in [3.05, 3.63) is 30.2 Å². The normalized spacial score (nSPS) is 25.9. The lowest BCUT2D eigenvalue weighted by Gasteiger charge is -2.21. The number of rotatable bonds is 2. The van der Waals surface area contributed by atoms with Crippen molar-refractivity contribution in [1.82, 2.24) is 25.7 Å². The molecule has 3 rings (SSSR count). The molecule has 2 aromatic heterocycles. The van der Waals surface area contributed by atoms with Crippen molar-refractivity contribution >= 4 is 0 Å². The van der Waals surface area contributed by atoms with Crippen molar-refractivity contribution in [2.75, 3.05) is 13.2 Å². The zero-order chi connectivity index (χ0) is 10.1. The number of oxazole rings is 1. The third-order valence-corrected chi connectivity index (χ3v) is 2.31. The molecule has 78 valence electrons. The summed E-state index contributed by atoms with van der Waals surface area (Å²) in [6.45, 7) is 1.30. The van der Waals surface area contributed by atoms with Crippen LogP contribution in [0.4, 0.5) is 0 Å². The molecule has 3 heterocycles. The highest BCUT2D eigenvalue weighted by Gasteiger charge is 2.45. The molecule has 0 spiro atoms. The summed E-state index contributed by atoms with van der Waals surface area (Å²) >= 11 is 0. The molecule has 1 aliphatic rings. The molecule has 0 aliphatic carbocycles. The molecule has 7 heteroatoms. The lowest BCUT2D eigenvalue weighted by molar-refractivity contribution is -0.00372. The van der Waals surface area contributed by atoms with E-state index >= 15 is 0 Å². The van der Waals surface area contributed by atoms with E-state index in [4.69, 9.17) is 9.15 Å². The average Bonchev–Trinajstić information content (AvgIpc) is 3.02. The van der Waals surface area contributed by atoms with E-state index in [1.165, 1.54) is 6.26 Å². The highest BCUT2D eigenvalue weighted by Crippen LogP contribution is 2.30. The Kier molecular flexibility index (Phi) is 1.79. The van der Waals surface area contributed by atoms with Crippen molar-refractivity contribution < 1.29 is 9.15 Å². The maximum atomic E-state index is 5.64. The molecule has 1 unspecified atom stereocenters. The van der Waals surface area contributed by atoms with Crippen LogP contribution in [0.2, 0.25) is 0 Å². The number of H-pyrrole nitrogens is 1. The van der Waals surface area contributed by atoms with Crippen molar-refractivity contribution in [1.29, 1.82) is 0 Å². The molecule has 1 aliphatic heterocycles. The summed E-state index contributed by atoms with van der Waals surface area (Å²) in [5, 5.41) is 13.4. The fourth-order valence-corrected chi connectivity index (χ4v) is 1.66. The highest BCUT2D eigenvalue weighted by molar-refractivity contribution is 5.18. The SMILES string of the molecule is c1coc(C2(c3c[nH]nn3)NCCO2)n1. The summed E-state index contributed by atoms with van der Waals surface area (Å²) in [6.07, 6.45) is 4.73. The summed E-state index contributed by atoms with van der Waals surface area (Å²) < 4.78 is 10.9. The van der Waals surface area contributed by atoms with Crippen LogP contribution in [-0.2, 0) is 10.5 Å². The minimum absolute atomic E-state index is 0.439. The molecule has 15 heavy (non-hydrogen) atoms. The molecule has 0 radical (unpaired) electrons. The number of ether oxygens (including phenoxy) is 1. The van der Waals surface area contributed by atoms with Crippen LogP contribution >= 0.6 is 0 Å². The smallest absolute Gasteiger partial charge is 0.249 e. The monoisotopic (exact) mass is 207 g/mol. The van der Waals surface area contributed by atoms with Crippen molar-refractivity contribution in [2.24, 2.45) is 0 Å². The summed E-state index contributed by atoms with van der Waals surface area (Å²) in [7, 11) is 0. The van der Waals surface area contributed by atoms with E-state index in [0.29, 0.717) is 18.2 Å². The number of aromatic amines is 1. The van der Waals surface area contributed by atoms with Crippen LogP contribution in [-0.4, -0.2) is 33.5 Å². The van der Waals surface area contributed by atoms with Gasteiger partial charge in [-0.3, -0.25) is 10.4 Å². The lowest BCUT2D eigenvalue weighted by Crippen LogP contribution is -2.40. The fraction of sp³-hybridized carbons (Fsp3) is 0.375. The number of nitrogens with zero attached hydrogens (tertiary/aromatic N) is 3. The minimum atomic E-state index is -0.892. The first-order valence-corrected chi connectivity index (χ1v) is 4.58. The molecule has 1 atom stereocenters. The molecule has 7 nitrogen and oxygen atoms in total. The second-order valence-corrected chi connectivity index (χ2v) is 3.15. The van der Waals surface area contributed by atoms with Gasteiger partial charge >= 0.3 is 0 Å². The number of hydrogen-bond donors (Lipinski definition) is 2. The first kappa shape index (κ1) is 8.57. The highest BCUT2D eigenvalue weighted by atomic mass is 16.5. The number of aromatic nitrogens is 4. The quantitative estimate of drug-likeness (QED) is 0.697. The third-order valence-electron chi connectivity index (χ3n) is 2.31. The van der Waals surface area contributed by atoms with Gasteiger partial charge in [0.05, 0.1) is 19.0 Å². The molecule has 0 amide bonds. The topological polar surface area (TPSA) is 88.9 Å². The van der Waals surface area contributed by atoms with E-state index in [0.717, 1.165) is 6.54 Å². The van der Waals surface area contributed by atoms with Gasteiger partial charge in [-0.1, -0.05) is 5.21 Å². The molecule has 1 fully saturated rings. The van der Waals surface area contributed by atoms with Gasteiger partial charge in [-0.15, -0.1) is 5.10 Å². The Balaban J connectivity index is 2.10. The molecule has 0 bridgehead atoms. The Labute approximate surface area is 84.8 Å². The van der Waals surface area contributed by atoms with Gasteiger partial charge < -0.3 is 9.15 Å². The largest absolute Gasteiger partial charge is 0.445 e. The van der Waals surface area contributed by atoms with Gasteiger partial charge in [0.2, 0.25) is 11.6 Å². The Bertz CT molecular complexity index is 382. The Morgan fingerprint density at radius 3 is 3.07 bits per heavy atom. The standard InChI is InChI=1S/C8H9N5O2/c1-3-14-7(9-1)8(10-2-4-15-8)6-5-11-13-12-6/h1,3,5,10H,2,4H2,(H,11,12,13). The van der Waals surface area contributed by atoms with Crippen LogP contribution < -0.4 is 5.32 Å². The molecule has 0 saturated carbocycles. The molecule has 2 aromatic rings. The van der Waals surface area contributed by atoms with Crippen molar-refractivity contribution in [3.63, 3.8) is 0 Å². The predicted octanol–water partition coefficient (Wildman–Crippen LogP) is -0.386. The Morgan fingerprint density at radius 2 is 2.47 bits per heavy atom. The molecule has 1 saturated heterocycles. The first-order chi connectivity index (χ1) is 7.42. The van der Waals surface area contributed by atoms with Gasteiger partial charge in [-0.2, -0.15) is 0 Å². The minimum Gasteiger partial charge on any atom is -0.445 e. The zero-order valence-electron chi connectivity index (χ0n) is 7.80. The van der Waals surface area contributed by atoms with Gasteiger partial charge in [-0.05, 0) is 0 Å². The lowest BCUT2D eigenvalue weighted by atomic mass is 10.1. The van der Waals surface area contributed by atoms with Crippen LogP contribution in [0.3, 0.4) is 0 Å². The second kappa shape index (κ2) is 3.14. The van der Waals surface area contributed by atoms with Crippen molar-refractivity contribution in [3.8, 4) is 0 Å². The zero-order valence-corrected chi connectivity index (χ0v) is 7.80. The second-order valence-electron chi connectivity index (χ2n) is 3.15. The summed E-state index contributed by atoms with van der Waals surface area (Å²) in [6, 6.07) is 0. The maximum absolute atomic E-state index is 5.64. The van der Waals surface area contributed by atoms with E-state index in [-0.39, 0.29) is 0 Å². The first-order valence-electron chi connectivity index (χ1n) is 4.58. The van der Waals surface area contributed by atoms with Crippen LogP contribution in [0.15, 0.2) is 23.1 Å². The van der Waals surface area contributed by atoms with Crippen molar-refractivity contribution in [2.45, 2.75) is 5.72 Å². The van der Waals surface area contributed by atoms with Gasteiger partial charge in [0.15, 0.2) is 0 Å². The number of hydrogen-bond acceptors (Lipinski definition) is 6. The summed E-state index contributed by atoms with van der Waals surface area (Å²) in [5.41, 5.74) is -0.279. The Morgan fingerprint density at radius 1 is 1.47 bits per heavy atom. The molecular formula is C8H9N5O2. The van der Waals surface area contributed by atoms with Crippen LogP contribution in [0.25, 0.3) is 0 Å². The molecule has 0 aromatic carbocycles. The summed E-state index contributed by atoms with van der Waals surface area (Å²) in [4.78, 5) is 4.09. The van der Waals surface area contributed by atoms with E-state index in [2.05, 4.69) is 25.7 Å².